The van der Waals surface area contributed by atoms with Crippen molar-refractivity contribution in [2.24, 2.45) is 0 Å². The standard InChI is InChI=1S/C52H34N4/c1-4-12-37(13-5-1)47-34-48(38-14-6-2-7-15-38)54-52(53-47)39-22-20-35(21-23-39)36-24-27-42(28-25-36)56-50-19-11-10-18-43(50)46-33-45-40(32-51(46)56)26-29-49-44(45)30-31-55(49)41-16-8-3-9-17-41/h1-34H. The third-order valence-corrected chi connectivity index (χ3v) is 11.0. The zero-order valence-corrected chi connectivity index (χ0v) is 30.4. The van der Waals surface area contributed by atoms with Gasteiger partial charge in [-0.2, -0.15) is 0 Å². The number of benzene rings is 8. The van der Waals surface area contributed by atoms with Crippen LogP contribution in [0.25, 0.3) is 99.9 Å². The highest BCUT2D eigenvalue weighted by molar-refractivity contribution is 6.18. The van der Waals surface area contributed by atoms with Crippen molar-refractivity contribution in [2.75, 3.05) is 0 Å². The SMILES string of the molecule is c1ccc(-c2cc(-c3ccccc3)nc(-c3ccc(-c4ccc(-n5c6ccccc6c6cc7c(ccc8c7ccn8-c7ccccc7)cc65)cc4)cc3)n2)cc1. The largest absolute Gasteiger partial charge is 0.317 e. The monoisotopic (exact) mass is 714 g/mol. The van der Waals surface area contributed by atoms with E-state index >= 15 is 0 Å². The molecule has 0 aliphatic carbocycles. The first-order valence-electron chi connectivity index (χ1n) is 19.0. The molecule has 0 aliphatic rings. The lowest BCUT2D eigenvalue weighted by atomic mass is 10.0. The highest BCUT2D eigenvalue weighted by Crippen LogP contribution is 2.38. The summed E-state index contributed by atoms with van der Waals surface area (Å²) in [7, 11) is 0. The Balaban J connectivity index is 0.957. The number of hydrogen-bond acceptors (Lipinski definition) is 2. The van der Waals surface area contributed by atoms with Gasteiger partial charge in [-0.15, -0.1) is 0 Å². The van der Waals surface area contributed by atoms with Gasteiger partial charge in [0.2, 0.25) is 0 Å². The Morgan fingerprint density at radius 1 is 0.321 bits per heavy atom. The summed E-state index contributed by atoms with van der Waals surface area (Å²) < 4.78 is 4.67. The van der Waals surface area contributed by atoms with Crippen molar-refractivity contribution in [1.82, 2.24) is 19.1 Å². The first-order valence-corrected chi connectivity index (χ1v) is 19.0. The van der Waals surface area contributed by atoms with Gasteiger partial charge in [0.05, 0.1) is 27.9 Å². The number of fused-ring (bicyclic) bond motifs is 6. The minimum atomic E-state index is 0.709. The van der Waals surface area contributed by atoms with Crippen LogP contribution >= 0.6 is 0 Å². The molecule has 0 fully saturated rings. The predicted molar refractivity (Wildman–Crippen MR) is 232 cm³/mol. The van der Waals surface area contributed by atoms with Crippen molar-refractivity contribution in [2.45, 2.75) is 0 Å². The number of rotatable bonds is 6. The average Bonchev–Trinajstić information content (AvgIpc) is 3.86. The maximum atomic E-state index is 5.02. The quantitative estimate of drug-likeness (QED) is 0.172. The zero-order chi connectivity index (χ0) is 37.0. The first kappa shape index (κ1) is 31.9. The Kier molecular flexibility index (Phi) is 7.46. The summed E-state index contributed by atoms with van der Waals surface area (Å²) in [5, 5.41) is 6.25. The molecule has 3 aromatic heterocycles. The van der Waals surface area contributed by atoms with Crippen LogP contribution < -0.4 is 0 Å². The van der Waals surface area contributed by atoms with Crippen LogP contribution in [0.5, 0.6) is 0 Å². The molecule has 0 atom stereocenters. The molecule has 11 aromatic rings. The van der Waals surface area contributed by atoms with E-state index in [1.807, 2.05) is 36.4 Å². The van der Waals surface area contributed by atoms with E-state index in [0.717, 1.165) is 44.9 Å². The van der Waals surface area contributed by atoms with E-state index < -0.39 is 0 Å². The molecule has 0 saturated carbocycles. The zero-order valence-electron chi connectivity index (χ0n) is 30.4. The van der Waals surface area contributed by atoms with Crippen molar-refractivity contribution in [3.05, 3.63) is 206 Å². The van der Waals surface area contributed by atoms with Crippen LogP contribution in [0.4, 0.5) is 0 Å². The molecule has 4 heteroatoms. The van der Waals surface area contributed by atoms with Gasteiger partial charge in [0.25, 0.3) is 0 Å². The smallest absolute Gasteiger partial charge is 0.160 e. The molecule has 8 aromatic carbocycles. The van der Waals surface area contributed by atoms with Crippen molar-refractivity contribution in [3.8, 4) is 56.4 Å². The molecule has 0 spiro atoms. The topological polar surface area (TPSA) is 35.6 Å². The number of aromatic nitrogens is 4. The van der Waals surface area contributed by atoms with E-state index in [9.17, 15) is 0 Å². The summed E-state index contributed by atoms with van der Waals surface area (Å²) in [6.07, 6.45) is 2.18. The Labute approximate surface area is 324 Å². The average molecular weight is 715 g/mol. The van der Waals surface area contributed by atoms with Crippen molar-refractivity contribution in [3.63, 3.8) is 0 Å². The summed E-state index contributed by atoms with van der Waals surface area (Å²) in [6.45, 7) is 0. The summed E-state index contributed by atoms with van der Waals surface area (Å²) >= 11 is 0. The van der Waals surface area contributed by atoms with E-state index in [1.165, 1.54) is 49.2 Å². The highest BCUT2D eigenvalue weighted by Gasteiger charge is 2.16. The second-order valence-electron chi connectivity index (χ2n) is 14.3. The molecule has 0 N–H and O–H groups in total. The van der Waals surface area contributed by atoms with Gasteiger partial charge in [-0.25, -0.2) is 9.97 Å². The minimum absolute atomic E-state index is 0.709. The summed E-state index contributed by atoms with van der Waals surface area (Å²) in [4.78, 5) is 10.0. The molecule has 0 amide bonds. The van der Waals surface area contributed by atoms with Crippen molar-refractivity contribution in [1.29, 1.82) is 0 Å². The van der Waals surface area contributed by atoms with Crippen LogP contribution in [0.3, 0.4) is 0 Å². The van der Waals surface area contributed by atoms with Crippen LogP contribution in [0, 0.1) is 0 Å². The first-order chi connectivity index (χ1) is 27.7. The van der Waals surface area contributed by atoms with Gasteiger partial charge in [-0.05, 0) is 82.6 Å². The van der Waals surface area contributed by atoms with E-state index in [-0.39, 0.29) is 0 Å². The second kappa shape index (κ2) is 13.1. The molecular formula is C52H34N4. The number of hydrogen-bond donors (Lipinski definition) is 0. The normalized spacial score (nSPS) is 11.6. The molecule has 11 rings (SSSR count). The molecule has 0 saturated heterocycles. The molecule has 0 radical (unpaired) electrons. The number of nitrogens with zero attached hydrogens (tertiary/aromatic N) is 4. The molecule has 3 heterocycles. The predicted octanol–water partition coefficient (Wildman–Crippen LogP) is 13.3. The van der Waals surface area contributed by atoms with Gasteiger partial charge in [0.1, 0.15) is 0 Å². The van der Waals surface area contributed by atoms with Gasteiger partial charge >= 0.3 is 0 Å². The molecule has 4 nitrogen and oxygen atoms in total. The summed E-state index contributed by atoms with van der Waals surface area (Å²) in [5.74, 6) is 0.709. The second-order valence-corrected chi connectivity index (χ2v) is 14.3. The highest BCUT2D eigenvalue weighted by atomic mass is 15.0. The van der Waals surface area contributed by atoms with Gasteiger partial charge in [-0.1, -0.05) is 140 Å². The van der Waals surface area contributed by atoms with Gasteiger partial charge < -0.3 is 9.13 Å². The maximum absolute atomic E-state index is 5.02. The van der Waals surface area contributed by atoms with Crippen molar-refractivity contribution >= 4 is 43.5 Å². The van der Waals surface area contributed by atoms with Gasteiger partial charge in [0, 0.05) is 50.4 Å². The Bertz CT molecular complexity index is 3140. The van der Waals surface area contributed by atoms with E-state index in [1.54, 1.807) is 0 Å². The van der Waals surface area contributed by atoms with Crippen LogP contribution in [0.2, 0.25) is 0 Å². The Morgan fingerprint density at radius 2 is 0.893 bits per heavy atom. The maximum Gasteiger partial charge on any atom is 0.160 e. The minimum Gasteiger partial charge on any atom is -0.317 e. The van der Waals surface area contributed by atoms with Crippen LogP contribution in [-0.2, 0) is 0 Å². The van der Waals surface area contributed by atoms with Gasteiger partial charge in [-0.3, -0.25) is 0 Å². The molecule has 0 bridgehead atoms. The fraction of sp³-hybridized carbons (Fsp3) is 0. The molecule has 262 valence electrons. The lowest BCUT2D eigenvalue weighted by Crippen LogP contribution is -1.96. The van der Waals surface area contributed by atoms with E-state index in [0.29, 0.717) is 5.82 Å². The van der Waals surface area contributed by atoms with Gasteiger partial charge in [0.15, 0.2) is 5.82 Å². The van der Waals surface area contributed by atoms with Crippen LogP contribution in [-0.4, -0.2) is 19.1 Å². The molecule has 0 unspecified atom stereocenters. The Morgan fingerprint density at radius 3 is 1.57 bits per heavy atom. The summed E-state index contributed by atoms with van der Waals surface area (Å²) in [5.41, 5.74) is 13.1. The lowest BCUT2D eigenvalue weighted by Gasteiger charge is -2.11. The fourth-order valence-electron chi connectivity index (χ4n) is 8.21. The van der Waals surface area contributed by atoms with Crippen LogP contribution in [0.1, 0.15) is 0 Å². The van der Waals surface area contributed by atoms with E-state index in [4.69, 9.17) is 9.97 Å². The third-order valence-electron chi connectivity index (χ3n) is 11.0. The Hall–Kier alpha value is -7.56. The molecule has 0 aliphatic heterocycles. The van der Waals surface area contributed by atoms with Crippen molar-refractivity contribution < 1.29 is 0 Å². The summed E-state index contributed by atoms with van der Waals surface area (Å²) in [6, 6.07) is 71.0. The van der Waals surface area contributed by atoms with Crippen LogP contribution in [0.15, 0.2) is 206 Å². The fourth-order valence-corrected chi connectivity index (χ4v) is 8.21. The third kappa shape index (κ3) is 5.39. The molecule has 56 heavy (non-hydrogen) atoms. The molecular weight excluding hydrogens is 681 g/mol. The lowest BCUT2D eigenvalue weighted by molar-refractivity contribution is 1.13. The van der Waals surface area contributed by atoms with E-state index in [2.05, 4.69) is 179 Å². The number of para-hydroxylation sites is 2.